The van der Waals surface area contributed by atoms with Gasteiger partial charge in [0.15, 0.2) is 0 Å². The van der Waals surface area contributed by atoms with Gasteiger partial charge in [0.1, 0.15) is 0 Å². The Morgan fingerprint density at radius 2 is 0.788 bits per heavy atom. The summed E-state index contributed by atoms with van der Waals surface area (Å²) in [5.74, 6) is 1.73. The maximum absolute atomic E-state index is 5.13. The van der Waals surface area contributed by atoms with Crippen LogP contribution in [-0.4, -0.2) is 11.4 Å². The van der Waals surface area contributed by atoms with Gasteiger partial charge in [0.2, 0.25) is 0 Å². The van der Waals surface area contributed by atoms with Crippen molar-refractivity contribution in [2.75, 3.05) is 0 Å². The van der Waals surface area contributed by atoms with E-state index in [9.17, 15) is 0 Å². The van der Waals surface area contributed by atoms with Crippen LogP contribution in [0.25, 0.3) is 0 Å². The molecule has 2 nitrogen and oxygen atoms in total. The van der Waals surface area contributed by atoms with Gasteiger partial charge in [0, 0.05) is 0 Å². The normalized spacial score (nSPS) is 12.7. The summed E-state index contributed by atoms with van der Waals surface area (Å²) in [6.45, 7) is 22.1. The predicted molar refractivity (Wildman–Crippen MR) is 146 cm³/mol. The van der Waals surface area contributed by atoms with Crippen LogP contribution >= 0.6 is 20.4 Å². The molecule has 5 heteroatoms. The van der Waals surface area contributed by atoms with E-state index in [4.69, 9.17) is 30.4 Å². The third kappa shape index (κ3) is 8.54. The first-order valence-corrected chi connectivity index (χ1v) is 14.4. The Morgan fingerprint density at radius 1 is 0.576 bits per heavy atom. The number of rotatable bonds is 7. The summed E-state index contributed by atoms with van der Waals surface area (Å²) in [5, 5.41) is 0. The van der Waals surface area contributed by atoms with Crippen LogP contribution in [0.5, 0.6) is 0 Å². The second kappa shape index (κ2) is 14.3. The number of benzene rings is 2. The van der Waals surface area contributed by atoms with Crippen LogP contribution in [0.4, 0.5) is 11.4 Å². The van der Waals surface area contributed by atoms with Crippen LogP contribution in [0.15, 0.2) is 46.4 Å². The first kappa shape index (κ1) is 29.9. The topological polar surface area (TPSA) is 24.7 Å². The van der Waals surface area contributed by atoms with E-state index in [2.05, 4.69) is 106 Å². The van der Waals surface area contributed by atoms with Crippen LogP contribution in [0.1, 0.15) is 115 Å². The fraction of sp³-hybridized carbons (Fsp3) is 0.500. The molecule has 186 valence electrons. The van der Waals surface area contributed by atoms with Crippen molar-refractivity contribution in [2.45, 2.75) is 92.9 Å². The summed E-state index contributed by atoms with van der Waals surface area (Å²) in [7, 11) is 9.40. The van der Waals surface area contributed by atoms with Gasteiger partial charge in [-0.2, -0.15) is 0 Å². The van der Waals surface area contributed by atoms with Crippen molar-refractivity contribution in [3.63, 3.8) is 0 Å². The maximum atomic E-state index is 5.13. The molecular formula is C28H40Cl2N2Ni. The molecule has 0 saturated heterocycles. The van der Waals surface area contributed by atoms with Gasteiger partial charge in [-0.1, -0.05) is 91.8 Å². The number of hydrogen-bond donors (Lipinski definition) is 0. The molecule has 2 aromatic rings. The standard InChI is InChI=1S/C28H40N2.2ClH.Ni/c1-17(2)23-13-11-14-24(18(3)4)27(23)29-21(9)22(10)30-28-25(19(5)6)15-12-16-26(28)20(7)8;;;/h11-20H,1-10H3;2*1H;/q;;;+2/p-2. The molecule has 2 aromatic carbocycles. The monoisotopic (exact) mass is 532 g/mol. The van der Waals surface area contributed by atoms with Gasteiger partial charge >= 0.3 is 33.0 Å². The quantitative estimate of drug-likeness (QED) is 0.250. The minimum absolute atomic E-state index is 0.432. The number of aliphatic imine (C=N–C) groups is 2. The first-order chi connectivity index (χ1) is 15.5. The van der Waals surface area contributed by atoms with E-state index in [1.54, 1.807) is 0 Å². The summed E-state index contributed by atoms with van der Waals surface area (Å²) >= 11 is 0.569. The predicted octanol–water partition coefficient (Wildman–Crippen LogP) is 10.4. The molecule has 0 saturated carbocycles. The summed E-state index contributed by atoms with van der Waals surface area (Å²) < 4.78 is 0. The number of halogens is 2. The van der Waals surface area contributed by atoms with Crippen molar-refractivity contribution in [3.05, 3.63) is 58.7 Å². The van der Waals surface area contributed by atoms with Crippen LogP contribution < -0.4 is 0 Å². The van der Waals surface area contributed by atoms with Crippen molar-refractivity contribution in [3.8, 4) is 0 Å². The van der Waals surface area contributed by atoms with Gasteiger partial charge < -0.3 is 0 Å². The summed E-state index contributed by atoms with van der Waals surface area (Å²) in [6, 6.07) is 13.2. The molecule has 0 fully saturated rings. The van der Waals surface area contributed by atoms with E-state index in [0.717, 1.165) is 22.8 Å². The molecule has 0 aromatic heterocycles. The van der Waals surface area contributed by atoms with E-state index in [1.165, 1.54) is 22.3 Å². The average Bonchev–Trinajstić information content (AvgIpc) is 2.73. The minimum atomic E-state index is 0.432. The molecule has 0 aliphatic heterocycles. The molecule has 0 N–H and O–H groups in total. The third-order valence-corrected chi connectivity index (χ3v) is 5.77. The Bertz CT molecular complexity index is 830. The summed E-state index contributed by atoms with van der Waals surface area (Å²) in [4.78, 5) is 10.3. The molecule has 0 bridgehead atoms. The average molecular weight is 534 g/mol. The van der Waals surface area contributed by atoms with Gasteiger partial charge in [-0.3, -0.25) is 9.98 Å². The van der Waals surface area contributed by atoms with Gasteiger partial charge in [0.05, 0.1) is 22.8 Å². The van der Waals surface area contributed by atoms with Crippen molar-refractivity contribution < 1.29 is 12.7 Å². The van der Waals surface area contributed by atoms with Gasteiger partial charge in [-0.05, 0) is 59.8 Å². The van der Waals surface area contributed by atoms with E-state index >= 15 is 0 Å². The fourth-order valence-electron chi connectivity index (χ4n) is 3.78. The summed E-state index contributed by atoms with van der Waals surface area (Å²) in [6.07, 6.45) is 0. The molecule has 0 spiro atoms. The number of para-hydroxylation sites is 2. The Hall–Kier alpha value is -1.15. The molecule has 33 heavy (non-hydrogen) atoms. The molecular weight excluding hydrogens is 494 g/mol. The van der Waals surface area contributed by atoms with Crippen molar-refractivity contribution in [1.82, 2.24) is 0 Å². The van der Waals surface area contributed by atoms with Gasteiger partial charge in [0.25, 0.3) is 0 Å². The van der Waals surface area contributed by atoms with Crippen LogP contribution in [0.3, 0.4) is 0 Å². The SMILES string of the molecule is CC(=Nc1c(C(C)C)cccc1C(C)C)C(C)=Nc1c(C(C)C)cccc1C(C)C.[Cl][Ni][Cl]. The molecule has 2 rings (SSSR count). The second-order valence-electron chi connectivity index (χ2n) is 9.63. The van der Waals surface area contributed by atoms with Crippen molar-refractivity contribution >= 4 is 43.2 Å². The Morgan fingerprint density at radius 3 is 0.970 bits per heavy atom. The van der Waals surface area contributed by atoms with E-state index in [0.29, 0.717) is 36.3 Å². The second-order valence-corrected chi connectivity index (χ2v) is 11.3. The molecule has 0 amide bonds. The zero-order chi connectivity index (χ0) is 25.3. The molecule has 0 radical (unpaired) electrons. The molecule has 0 aliphatic rings. The molecule has 0 aliphatic carbocycles. The Labute approximate surface area is 216 Å². The molecule has 0 heterocycles. The van der Waals surface area contributed by atoms with Gasteiger partial charge in [-0.25, -0.2) is 0 Å². The van der Waals surface area contributed by atoms with E-state index in [-0.39, 0.29) is 0 Å². The van der Waals surface area contributed by atoms with Gasteiger partial charge in [-0.15, -0.1) is 0 Å². The number of hydrogen-bond acceptors (Lipinski definition) is 2. The number of nitrogens with zero attached hydrogens (tertiary/aromatic N) is 2. The van der Waals surface area contributed by atoms with Crippen LogP contribution in [-0.2, 0) is 12.7 Å². The Balaban J connectivity index is 0.00000172. The third-order valence-electron chi connectivity index (χ3n) is 5.77. The van der Waals surface area contributed by atoms with Crippen molar-refractivity contribution in [1.29, 1.82) is 0 Å². The molecule has 0 atom stereocenters. The Kier molecular flexibility index (Phi) is 12.9. The first-order valence-electron chi connectivity index (χ1n) is 11.6. The van der Waals surface area contributed by atoms with E-state index in [1.807, 2.05) is 0 Å². The van der Waals surface area contributed by atoms with E-state index < -0.39 is 0 Å². The van der Waals surface area contributed by atoms with Crippen LogP contribution in [0.2, 0.25) is 0 Å². The zero-order valence-electron chi connectivity index (χ0n) is 21.7. The molecule has 0 unspecified atom stereocenters. The zero-order valence-corrected chi connectivity index (χ0v) is 24.2. The fourth-order valence-corrected chi connectivity index (χ4v) is 3.78. The van der Waals surface area contributed by atoms with Crippen molar-refractivity contribution in [2.24, 2.45) is 9.98 Å². The summed E-state index contributed by atoms with van der Waals surface area (Å²) in [5.41, 5.74) is 9.43. The van der Waals surface area contributed by atoms with Crippen LogP contribution in [0, 0.1) is 0 Å².